The van der Waals surface area contributed by atoms with Crippen molar-refractivity contribution < 1.29 is 4.79 Å². The molecule has 3 nitrogen and oxygen atoms in total. The molecule has 14 heavy (non-hydrogen) atoms. The van der Waals surface area contributed by atoms with E-state index in [-0.39, 0.29) is 6.03 Å². The molecule has 1 saturated heterocycles. The molecule has 0 aromatic carbocycles. The SMILES string of the molecule is CC1CCCCC1CN1CCNC1=O. The Hall–Kier alpha value is -0.730. The van der Waals surface area contributed by atoms with Crippen LogP contribution >= 0.6 is 0 Å². The summed E-state index contributed by atoms with van der Waals surface area (Å²) >= 11 is 0. The lowest BCUT2D eigenvalue weighted by Crippen LogP contribution is -2.36. The normalized spacial score (nSPS) is 33.2. The molecule has 80 valence electrons. The summed E-state index contributed by atoms with van der Waals surface area (Å²) in [5.41, 5.74) is 0. The molecule has 1 N–H and O–H groups in total. The summed E-state index contributed by atoms with van der Waals surface area (Å²) in [4.78, 5) is 13.3. The molecule has 2 rings (SSSR count). The standard InChI is InChI=1S/C11H20N2O/c1-9-4-2-3-5-10(9)8-13-7-6-12-11(13)14/h9-10H,2-8H2,1H3,(H,12,14). The fourth-order valence-corrected chi connectivity index (χ4v) is 2.63. The van der Waals surface area contributed by atoms with E-state index in [0.29, 0.717) is 0 Å². The molecular weight excluding hydrogens is 176 g/mol. The van der Waals surface area contributed by atoms with Gasteiger partial charge in [-0.15, -0.1) is 0 Å². The zero-order chi connectivity index (χ0) is 9.97. The summed E-state index contributed by atoms with van der Waals surface area (Å²) in [6.07, 6.45) is 5.39. The fourth-order valence-electron chi connectivity index (χ4n) is 2.63. The predicted octanol–water partition coefficient (Wildman–Crippen LogP) is 1.84. The smallest absolute Gasteiger partial charge is 0.317 e. The van der Waals surface area contributed by atoms with Crippen LogP contribution in [0, 0.1) is 11.8 Å². The first-order valence-electron chi connectivity index (χ1n) is 5.80. The largest absolute Gasteiger partial charge is 0.336 e. The third-order valence-corrected chi connectivity index (χ3v) is 3.69. The molecule has 0 aromatic rings. The highest BCUT2D eigenvalue weighted by Gasteiger charge is 2.27. The summed E-state index contributed by atoms with van der Waals surface area (Å²) in [5.74, 6) is 1.55. The molecule has 0 spiro atoms. The highest BCUT2D eigenvalue weighted by Crippen LogP contribution is 2.30. The maximum atomic E-state index is 11.4. The van der Waals surface area contributed by atoms with E-state index in [4.69, 9.17) is 0 Å². The summed E-state index contributed by atoms with van der Waals surface area (Å²) in [6.45, 7) is 5.05. The van der Waals surface area contributed by atoms with Gasteiger partial charge in [0.2, 0.25) is 0 Å². The number of urea groups is 1. The van der Waals surface area contributed by atoms with E-state index in [1.165, 1.54) is 25.7 Å². The van der Waals surface area contributed by atoms with Gasteiger partial charge in [0.1, 0.15) is 0 Å². The van der Waals surface area contributed by atoms with Crippen molar-refractivity contribution in [2.24, 2.45) is 11.8 Å². The van der Waals surface area contributed by atoms with Gasteiger partial charge in [0.05, 0.1) is 0 Å². The van der Waals surface area contributed by atoms with Crippen molar-refractivity contribution >= 4 is 6.03 Å². The first-order valence-corrected chi connectivity index (χ1v) is 5.80. The molecule has 2 unspecified atom stereocenters. The summed E-state index contributed by atoms with van der Waals surface area (Å²) in [7, 11) is 0. The van der Waals surface area contributed by atoms with Gasteiger partial charge in [0.15, 0.2) is 0 Å². The van der Waals surface area contributed by atoms with E-state index >= 15 is 0 Å². The monoisotopic (exact) mass is 196 g/mol. The first kappa shape index (κ1) is 9.81. The van der Waals surface area contributed by atoms with Crippen molar-refractivity contribution in [3.05, 3.63) is 0 Å². The minimum absolute atomic E-state index is 0.141. The van der Waals surface area contributed by atoms with Crippen LogP contribution in [-0.4, -0.2) is 30.6 Å². The highest BCUT2D eigenvalue weighted by molar-refractivity contribution is 5.76. The molecule has 1 heterocycles. The van der Waals surface area contributed by atoms with E-state index in [0.717, 1.165) is 31.5 Å². The Balaban J connectivity index is 1.86. The van der Waals surface area contributed by atoms with Crippen LogP contribution in [0.4, 0.5) is 4.79 Å². The predicted molar refractivity (Wildman–Crippen MR) is 56.1 cm³/mol. The summed E-state index contributed by atoms with van der Waals surface area (Å²) in [5, 5.41) is 2.86. The van der Waals surface area contributed by atoms with Crippen LogP contribution < -0.4 is 5.32 Å². The molecule has 0 radical (unpaired) electrons. The van der Waals surface area contributed by atoms with Gasteiger partial charge >= 0.3 is 6.03 Å². The van der Waals surface area contributed by atoms with Crippen molar-refractivity contribution in [2.75, 3.05) is 19.6 Å². The topological polar surface area (TPSA) is 32.3 Å². The van der Waals surface area contributed by atoms with Crippen LogP contribution in [0.15, 0.2) is 0 Å². The van der Waals surface area contributed by atoms with Crippen molar-refractivity contribution in [1.82, 2.24) is 10.2 Å². The Morgan fingerprint density at radius 1 is 1.43 bits per heavy atom. The van der Waals surface area contributed by atoms with Crippen LogP contribution in [0.25, 0.3) is 0 Å². The van der Waals surface area contributed by atoms with Gasteiger partial charge in [-0.25, -0.2) is 4.79 Å². The van der Waals surface area contributed by atoms with Gasteiger partial charge in [-0.1, -0.05) is 26.2 Å². The molecule has 2 amide bonds. The fraction of sp³-hybridized carbons (Fsp3) is 0.909. The Bertz CT molecular complexity index is 217. The second-order valence-corrected chi connectivity index (χ2v) is 4.70. The van der Waals surface area contributed by atoms with E-state index in [1.54, 1.807) is 0 Å². The van der Waals surface area contributed by atoms with Crippen LogP contribution in [0.3, 0.4) is 0 Å². The third-order valence-electron chi connectivity index (χ3n) is 3.69. The number of carbonyl (C=O) groups is 1. The average Bonchev–Trinajstić information content (AvgIpc) is 2.56. The van der Waals surface area contributed by atoms with Gasteiger partial charge in [-0.2, -0.15) is 0 Å². The van der Waals surface area contributed by atoms with Crippen LogP contribution in [0.2, 0.25) is 0 Å². The number of hydrogen-bond donors (Lipinski definition) is 1. The molecule has 2 fully saturated rings. The second kappa shape index (κ2) is 4.20. The lowest BCUT2D eigenvalue weighted by Gasteiger charge is -2.31. The van der Waals surface area contributed by atoms with Crippen molar-refractivity contribution in [3.8, 4) is 0 Å². The Morgan fingerprint density at radius 3 is 2.86 bits per heavy atom. The van der Waals surface area contributed by atoms with Gasteiger partial charge in [0, 0.05) is 19.6 Å². The average molecular weight is 196 g/mol. The Kier molecular flexibility index (Phi) is 2.94. The maximum Gasteiger partial charge on any atom is 0.317 e. The summed E-state index contributed by atoms with van der Waals surface area (Å²) in [6, 6.07) is 0.141. The van der Waals surface area contributed by atoms with Gasteiger partial charge in [-0.3, -0.25) is 0 Å². The quantitative estimate of drug-likeness (QED) is 0.718. The minimum Gasteiger partial charge on any atom is -0.336 e. The van der Waals surface area contributed by atoms with Crippen LogP contribution in [0.5, 0.6) is 0 Å². The van der Waals surface area contributed by atoms with Crippen LogP contribution in [0.1, 0.15) is 32.6 Å². The number of hydrogen-bond acceptors (Lipinski definition) is 1. The number of carbonyl (C=O) groups excluding carboxylic acids is 1. The Labute approximate surface area is 85.8 Å². The van der Waals surface area contributed by atoms with Gasteiger partial charge in [-0.05, 0) is 18.3 Å². The van der Waals surface area contributed by atoms with Crippen molar-refractivity contribution in [2.45, 2.75) is 32.6 Å². The highest BCUT2D eigenvalue weighted by atomic mass is 16.2. The lowest BCUT2D eigenvalue weighted by molar-refractivity contribution is 0.176. The first-order chi connectivity index (χ1) is 6.77. The van der Waals surface area contributed by atoms with E-state index in [1.807, 2.05) is 4.90 Å². The molecule has 1 saturated carbocycles. The number of nitrogens with zero attached hydrogens (tertiary/aromatic N) is 1. The molecule has 0 aromatic heterocycles. The molecular formula is C11H20N2O. The van der Waals surface area contributed by atoms with E-state index in [2.05, 4.69) is 12.2 Å². The molecule has 2 atom stereocenters. The lowest BCUT2D eigenvalue weighted by atomic mass is 9.80. The number of rotatable bonds is 2. The molecule has 1 aliphatic carbocycles. The number of amides is 2. The second-order valence-electron chi connectivity index (χ2n) is 4.70. The number of nitrogens with one attached hydrogen (secondary N) is 1. The summed E-state index contributed by atoms with van der Waals surface area (Å²) < 4.78 is 0. The van der Waals surface area contributed by atoms with Gasteiger partial charge < -0.3 is 10.2 Å². The van der Waals surface area contributed by atoms with Crippen molar-refractivity contribution in [3.63, 3.8) is 0 Å². The van der Waals surface area contributed by atoms with Crippen LogP contribution in [-0.2, 0) is 0 Å². The zero-order valence-corrected chi connectivity index (χ0v) is 8.96. The Morgan fingerprint density at radius 2 is 2.21 bits per heavy atom. The minimum atomic E-state index is 0.141. The van der Waals surface area contributed by atoms with E-state index < -0.39 is 0 Å². The van der Waals surface area contributed by atoms with E-state index in [9.17, 15) is 4.79 Å². The van der Waals surface area contributed by atoms with Crippen molar-refractivity contribution in [1.29, 1.82) is 0 Å². The molecule has 3 heteroatoms. The molecule has 1 aliphatic heterocycles. The molecule has 2 aliphatic rings. The zero-order valence-electron chi connectivity index (χ0n) is 8.96. The third kappa shape index (κ3) is 2.02. The van der Waals surface area contributed by atoms with Gasteiger partial charge in [0.25, 0.3) is 0 Å². The maximum absolute atomic E-state index is 11.4. The molecule has 0 bridgehead atoms.